The molecule has 0 aromatic carbocycles. The molecule has 3 rings (SSSR count). The van der Waals surface area contributed by atoms with E-state index < -0.39 is 58.0 Å². The van der Waals surface area contributed by atoms with Crippen molar-refractivity contribution in [3.63, 3.8) is 0 Å². The predicted octanol–water partition coefficient (Wildman–Crippen LogP) is 2.61. The number of halogens is 2. The molecule has 1 aromatic heterocycles. The van der Waals surface area contributed by atoms with Gasteiger partial charge in [-0.3, -0.25) is 0 Å². The number of nitrogens with one attached hydrogen (secondary N) is 3. The van der Waals surface area contributed by atoms with Crippen LogP contribution in [0.1, 0.15) is 52.9 Å². The van der Waals surface area contributed by atoms with Crippen LogP contribution in [0.4, 0.5) is 19.4 Å². The first-order valence-corrected chi connectivity index (χ1v) is 13.8. The van der Waals surface area contributed by atoms with Crippen molar-refractivity contribution in [2.75, 3.05) is 25.1 Å². The average molecular weight is 551 g/mol. The minimum absolute atomic E-state index is 0.0233. The summed E-state index contributed by atoms with van der Waals surface area (Å²) >= 11 is 0. The highest BCUT2D eigenvalue weighted by atomic mass is 32.2. The summed E-state index contributed by atoms with van der Waals surface area (Å²) in [5.74, 6) is -0.0822. The molecule has 14 heteroatoms. The van der Waals surface area contributed by atoms with Crippen molar-refractivity contribution < 1.29 is 41.3 Å². The summed E-state index contributed by atoms with van der Waals surface area (Å²) in [6.07, 6.45) is 0.302. The molecule has 0 bridgehead atoms. The normalized spacial score (nSPS) is 19.1. The number of pyridine rings is 1. The number of aromatic nitrogens is 1. The quantitative estimate of drug-likeness (QED) is 0.305. The molecule has 1 aliphatic heterocycles. The van der Waals surface area contributed by atoms with Crippen LogP contribution in [0.3, 0.4) is 0 Å². The van der Waals surface area contributed by atoms with Crippen LogP contribution in [0.2, 0.25) is 0 Å². The van der Waals surface area contributed by atoms with E-state index in [9.17, 15) is 27.1 Å². The second-order valence-corrected chi connectivity index (χ2v) is 11.9. The minimum atomic E-state index is -4.35. The molecule has 1 aromatic rings. The second-order valence-electron chi connectivity index (χ2n) is 10.2. The van der Waals surface area contributed by atoms with Gasteiger partial charge in [0.05, 0.1) is 32.0 Å². The van der Waals surface area contributed by atoms with Crippen LogP contribution in [-0.4, -0.2) is 74.8 Å². The van der Waals surface area contributed by atoms with Crippen molar-refractivity contribution in [2.24, 2.45) is 5.92 Å². The summed E-state index contributed by atoms with van der Waals surface area (Å²) in [6.45, 7) is 4.62. The van der Waals surface area contributed by atoms with Crippen LogP contribution >= 0.6 is 0 Å². The maximum atomic E-state index is 12.6. The van der Waals surface area contributed by atoms with Crippen LogP contribution in [0.25, 0.3) is 0 Å². The number of rotatable bonds is 11. The van der Waals surface area contributed by atoms with E-state index in [-0.39, 0.29) is 30.7 Å². The van der Waals surface area contributed by atoms with Gasteiger partial charge in [-0.25, -0.2) is 31.7 Å². The Bertz CT molecular complexity index is 1010. The van der Waals surface area contributed by atoms with E-state index in [4.69, 9.17) is 14.2 Å². The molecule has 0 spiro atoms. The van der Waals surface area contributed by atoms with Crippen molar-refractivity contribution >= 4 is 21.9 Å². The molecular weight excluding hydrogens is 514 g/mol. The second kappa shape index (κ2) is 12.5. The zero-order valence-corrected chi connectivity index (χ0v) is 22.0. The van der Waals surface area contributed by atoms with E-state index in [1.165, 1.54) is 6.07 Å². The van der Waals surface area contributed by atoms with Gasteiger partial charge in [0.25, 0.3) is 6.43 Å². The Kier molecular flexibility index (Phi) is 9.89. The number of hydrogen-bond acceptors (Lipinski definition) is 9. The maximum absolute atomic E-state index is 12.6. The van der Waals surface area contributed by atoms with E-state index >= 15 is 0 Å². The van der Waals surface area contributed by atoms with Crippen LogP contribution < -0.4 is 20.1 Å². The molecule has 0 unspecified atom stereocenters. The molecule has 2 atom stereocenters. The third-order valence-electron chi connectivity index (χ3n) is 5.93. The third kappa shape index (κ3) is 8.90. The number of sulfonamides is 1. The number of alkyl carbamates (subject to hydrolysis) is 1. The molecule has 1 aliphatic carbocycles. The van der Waals surface area contributed by atoms with Crippen molar-refractivity contribution in [2.45, 2.75) is 88.2 Å². The lowest BCUT2D eigenvalue weighted by atomic mass is 9.83. The van der Waals surface area contributed by atoms with Crippen molar-refractivity contribution in [3.8, 4) is 5.75 Å². The Morgan fingerprint density at radius 1 is 1.24 bits per heavy atom. The zero-order chi connectivity index (χ0) is 27.2. The summed E-state index contributed by atoms with van der Waals surface area (Å²) in [4.78, 5) is 16.1. The number of aliphatic hydroxyl groups excluding tert-OH is 1. The molecule has 2 aliphatic rings. The molecule has 37 heavy (non-hydrogen) atoms. The molecule has 1 amide bonds. The van der Waals surface area contributed by atoms with Gasteiger partial charge in [-0.1, -0.05) is 19.3 Å². The van der Waals surface area contributed by atoms with Crippen molar-refractivity contribution in [1.29, 1.82) is 0 Å². The highest BCUT2D eigenvalue weighted by molar-refractivity contribution is 7.89. The van der Waals surface area contributed by atoms with Crippen LogP contribution in [-0.2, 0) is 19.5 Å². The average Bonchev–Trinajstić information content (AvgIpc) is 2.78. The predicted molar refractivity (Wildman–Crippen MR) is 130 cm³/mol. The minimum Gasteiger partial charge on any atom is -0.484 e. The number of carbonyl (C=O) groups is 1. The van der Waals surface area contributed by atoms with Gasteiger partial charge in [0, 0.05) is 6.07 Å². The third-order valence-corrected chi connectivity index (χ3v) is 7.36. The summed E-state index contributed by atoms with van der Waals surface area (Å²) in [5, 5.41) is 16.6. The van der Waals surface area contributed by atoms with Gasteiger partial charge in [0.2, 0.25) is 10.0 Å². The van der Waals surface area contributed by atoms with Crippen LogP contribution in [0, 0.1) is 5.92 Å². The first-order valence-electron chi connectivity index (χ1n) is 12.3. The fourth-order valence-corrected chi connectivity index (χ4v) is 5.21. The van der Waals surface area contributed by atoms with Crippen LogP contribution in [0.5, 0.6) is 5.75 Å². The topological polar surface area (TPSA) is 148 Å². The van der Waals surface area contributed by atoms with Gasteiger partial charge >= 0.3 is 6.09 Å². The van der Waals surface area contributed by atoms with E-state index in [1.54, 1.807) is 20.8 Å². The number of anilines is 1. The van der Waals surface area contributed by atoms with E-state index in [2.05, 4.69) is 15.6 Å². The first kappa shape index (κ1) is 29.3. The number of alkyl halides is 2. The van der Waals surface area contributed by atoms with Gasteiger partial charge < -0.3 is 30.0 Å². The van der Waals surface area contributed by atoms with Gasteiger partial charge in [-0.05, 0) is 39.5 Å². The Morgan fingerprint density at radius 2 is 1.92 bits per heavy atom. The number of amides is 1. The highest BCUT2D eigenvalue weighted by Gasteiger charge is 2.33. The number of ether oxygens (including phenoxy) is 3. The lowest BCUT2D eigenvalue weighted by Crippen LogP contribution is -2.52. The van der Waals surface area contributed by atoms with E-state index in [0.717, 1.165) is 38.3 Å². The van der Waals surface area contributed by atoms with Gasteiger partial charge in [-0.15, -0.1) is 0 Å². The molecule has 1 saturated carbocycles. The number of carbonyl (C=O) groups excluding carboxylic acids is 1. The smallest absolute Gasteiger partial charge is 0.408 e. The molecule has 0 radical (unpaired) electrons. The number of hydrogen-bond donors (Lipinski definition) is 4. The van der Waals surface area contributed by atoms with Crippen molar-refractivity contribution in [1.82, 2.24) is 15.0 Å². The molecular formula is C23H36F2N4O7S. The largest absolute Gasteiger partial charge is 0.484 e. The highest BCUT2D eigenvalue weighted by Crippen LogP contribution is 2.31. The monoisotopic (exact) mass is 550 g/mol. The van der Waals surface area contributed by atoms with Crippen LogP contribution in [0.15, 0.2) is 17.2 Å². The van der Waals surface area contributed by atoms with E-state index in [1.807, 2.05) is 4.72 Å². The van der Waals surface area contributed by atoms with Gasteiger partial charge in [0.15, 0.2) is 0 Å². The molecule has 1 saturated heterocycles. The summed E-state index contributed by atoms with van der Waals surface area (Å²) in [6, 6.07) is 0.557. The fraction of sp³-hybridized carbons (Fsp3) is 0.739. The SMILES string of the molecule is CC(C)(C)OC(=O)N[C@@H](C1CCCCC1)[C@H](O)Nc1cc(OC2COC2)c(S(=O)(=O)NCC(F)F)cn1. The number of aliphatic hydroxyl groups is 1. The summed E-state index contributed by atoms with van der Waals surface area (Å²) < 4.78 is 68.4. The molecule has 11 nitrogen and oxygen atoms in total. The zero-order valence-electron chi connectivity index (χ0n) is 21.2. The molecule has 4 N–H and O–H groups in total. The molecule has 2 fully saturated rings. The lowest BCUT2D eigenvalue weighted by Gasteiger charge is -2.35. The Balaban J connectivity index is 1.81. The Labute approximate surface area is 215 Å². The van der Waals surface area contributed by atoms with Crippen molar-refractivity contribution in [3.05, 3.63) is 12.3 Å². The summed E-state index contributed by atoms with van der Waals surface area (Å²) in [7, 11) is -4.35. The first-order chi connectivity index (χ1) is 17.3. The number of nitrogens with zero attached hydrogens (tertiary/aromatic N) is 1. The Hall–Kier alpha value is -2.29. The summed E-state index contributed by atoms with van der Waals surface area (Å²) in [5.41, 5.74) is -0.724. The molecule has 2 heterocycles. The maximum Gasteiger partial charge on any atom is 0.408 e. The molecule has 210 valence electrons. The standard InChI is InChI=1S/C23H36F2N4O7S/c1-23(2,3)36-22(31)29-20(14-7-5-4-6-8-14)21(30)28-19-9-16(35-15-12-34-13-15)17(10-26-19)37(32,33)27-11-18(24)25/h9-10,14-15,18,20-21,27,30H,4-8,11-13H2,1-3H3,(H,26,28)(H,29,31)/t20-,21-/m0/s1. The van der Waals surface area contributed by atoms with Gasteiger partial charge in [-0.2, -0.15) is 0 Å². The van der Waals surface area contributed by atoms with E-state index in [0.29, 0.717) is 0 Å². The fourth-order valence-electron chi connectivity index (χ4n) is 4.14. The Morgan fingerprint density at radius 3 is 2.49 bits per heavy atom. The lowest BCUT2D eigenvalue weighted by molar-refractivity contribution is -0.0807. The van der Waals surface area contributed by atoms with Gasteiger partial charge in [0.1, 0.15) is 34.4 Å².